The number of H-pyrrole nitrogens is 1. The summed E-state index contributed by atoms with van der Waals surface area (Å²) in [4.78, 5) is 30.3. The van der Waals surface area contributed by atoms with Gasteiger partial charge in [-0.2, -0.15) is 0 Å². The van der Waals surface area contributed by atoms with Crippen molar-refractivity contribution in [1.29, 1.82) is 0 Å². The van der Waals surface area contributed by atoms with Crippen LogP contribution in [0.2, 0.25) is 0 Å². The molecule has 0 aliphatic heterocycles. The van der Waals surface area contributed by atoms with Gasteiger partial charge in [0.15, 0.2) is 4.77 Å². The first kappa shape index (κ1) is 21.9. The molecule has 0 saturated heterocycles. The van der Waals surface area contributed by atoms with E-state index in [0.29, 0.717) is 22.2 Å². The van der Waals surface area contributed by atoms with Gasteiger partial charge in [-0.05, 0) is 56.0 Å². The van der Waals surface area contributed by atoms with Gasteiger partial charge in [0.25, 0.3) is 5.56 Å². The zero-order chi connectivity index (χ0) is 21.7. The lowest BCUT2D eigenvalue weighted by molar-refractivity contribution is -0.121. The lowest BCUT2D eigenvalue weighted by Gasteiger charge is -2.25. The molecule has 0 aliphatic carbocycles. The molecule has 7 heteroatoms. The van der Waals surface area contributed by atoms with E-state index in [1.54, 1.807) is 6.07 Å². The van der Waals surface area contributed by atoms with Gasteiger partial charge in [-0.1, -0.05) is 43.3 Å². The summed E-state index contributed by atoms with van der Waals surface area (Å²) in [6.45, 7) is 2.87. The van der Waals surface area contributed by atoms with E-state index in [0.717, 1.165) is 12.0 Å². The number of para-hydroxylation sites is 1. The van der Waals surface area contributed by atoms with Crippen LogP contribution in [-0.2, 0) is 17.8 Å². The molecule has 1 aromatic heterocycles. The van der Waals surface area contributed by atoms with Crippen molar-refractivity contribution in [2.24, 2.45) is 0 Å². The summed E-state index contributed by atoms with van der Waals surface area (Å²) in [6, 6.07) is 15.8. The number of fused-ring (bicyclic) bond motifs is 1. The SMILES string of the molecule is CCc1ccc(C(CNC(=O)CCn2c(=S)[nH]c3ccccc3c2=O)N(C)C)cc1. The van der Waals surface area contributed by atoms with E-state index in [1.165, 1.54) is 10.1 Å². The van der Waals surface area contributed by atoms with Crippen molar-refractivity contribution >= 4 is 29.0 Å². The molecule has 6 nitrogen and oxygen atoms in total. The van der Waals surface area contributed by atoms with Crippen LogP contribution >= 0.6 is 12.2 Å². The Labute approximate surface area is 181 Å². The number of aromatic nitrogens is 2. The number of nitrogens with zero attached hydrogens (tertiary/aromatic N) is 2. The quantitative estimate of drug-likeness (QED) is 0.544. The average molecular weight is 425 g/mol. The number of carbonyl (C=O) groups is 1. The molecule has 1 atom stereocenters. The monoisotopic (exact) mass is 424 g/mol. The zero-order valence-electron chi connectivity index (χ0n) is 17.6. The Kier molecular flexibility index (Phi) is 7.18. The van der Waals surface area contributed by atoms with Crippen molar-refractivity contribution in [3.05, 3.63) is 74.8 Å². The molecule has 158 valence electrons. The molecular weight excluding hydrogens is 396 g/mol. The second-order valence-electron chi connectivity index (χ2n) is 7.56. The van der Waals surface area contributed by atoms with Gasteiger partial charge in [0.2, 0.25) is 5.91 Å². The highest BCUT2D eigenvalue weighted by atomic mass is 32.1. The fraction of sp³-hybridized carbons (Fsp3) is 0.348. The van der Waals surface area contributed by atoms with Gasteiger partial charge in [-0.3, -0.25) is 14.2 Å². The molecule has 2 N–H and O–H groups in total. The number of hydrogen-bond donors (Lipinski definition) is 2. The highest BCUT2D eigenvalue weighted by molar-refractivity contribution is 7.71. The molecule has 0 fully saturated rings. The highest BCUT2D eigenvalue weighted by Gasteiger charge is 2.15. The van der Waals surface area contributed by atoms with Gasteiger partial charge in [-0.25, -0.2) is 0 Å². The second-order valence-corrected chi connectivity index (χ2v) is 7.95. The van der Waals surface area contributed by atoms with E-state index in [-0.39, 0.29) is 30.5 Å². The molecular formula is C23H28N4O2S. The van der Waals surface area contributed by atoms with Crippen LogP contribution in [0, 0.1) is 4.77 Å². The van der Waals surface area contributed by atoms with Gasteiger partial charge in [-0.15, -0.1) is 0 Å². The highest BCUT2D eigenvalue weighted by Crippen LogP contribution is 2.18. The minimum absolute atomic E-state index is 0.0751. The van der Waals surface area contributed by atoms with Gasteiger partial charge in [0.1, 0.15) is 0 Å². The van der Waals surface area contributed by atoms with Crippen LogP contribution in [0.1, 0.15) is 30.5 Å². The summed E-state index contributed by atoms with van der Waals surface area (Å²) in [5.41, 5.74) is 2.98. The van der Waals surface area contributed by atoms with E-state index in [1.807, 2.05) is 32.3 Å². The summed E-state index contributed by atoms with van der Waals surface area (Å²) in [5, 5.41) is 3.56. The Morgan fingerprint density at radius 1 is 1.17 bits per heavy atom. The van der Waals surface area contributed by atoms with Crippen LogP contribution in [0.4, 0.5) is 0 Å². The first-order valence-electron chi connectivity index (χ1n) is 10.1. The van der Waals surface area contributed by atoms with E-state index in [2.05, 4.69) is 46.4 Å². The molecule has 1 heterocycles. The van der Waals surface area contributed by atoms with Crippen molar-refractivity contribution in [2.45, 2.75) is 32.4 Å². The van der Waals surface area contributed by atoms with Crippen LogP contribution in [0.5, 0.6) is 0 Å². The van der Waals surface area contributed by atoms with Crippen molar-refractivity contribution in [2.75, 3.05) is 20.6 Å². The van der Waals surface area contributed by atoms with Crippen LogP contribution in [0.25, 0.3) is 10.9 Å². The van der Waals surface area contributed by atoms with Gasteiger partial charge in [0.05, 0.1) is 16.9 Å². The topological polar surface area (TPSA) is 70.1 Å². The standard InChI is InChI=1S/C23H28N4O2S/c1-4-16-9-11-17(12-10-16)20(26(2)3)15-24-21(28)13-14-27-22(29)18-7-5-6-8-19(18)25-23(27)30/h5-12,20H,4,13-15H2,1-3H3,(H,24,28)(H,25,30). The molecule has 0 spiro atoms. The van der Waals surface area contributed by atoms with Crippen molar-refractivity contribution in [1.82, 2.24) is 19.8 Å². The normalized spacial score (nSPS) is 12.3. The van der Waals surface area contributed by atoms with E-state index < -0.39 is 0 Å². The lowest BCUT2D eigenvalue weighted by Crippen LogP contribution is -2.35. The predicted molar refractivity (Wildman–Crippen MR) is 123 cm³/mol. The van der Waals surface area contributed by atoms with Crippen LogP contribution in [0.3, 0.4) is 0 Å². The molecule has 1 amide bonds. The minimum atomic E-state index is -0.177. The number of likely N-dealkylation sites (N-methyl/N-ethyl adjacent to an activating group) is 1. The Morgan fingerprint density at radius 2 is 1.87 bits per heavy atom. The maximum Gasteiger partial charge on any atom is 0.262 e. The number of amides is 1. The molecule has 3 rings (SSSR count). The van der Waals surface area contributed by atoms with E-state index in [4.69, 9.17) is 12.2 Å². The average Bonchev–Trinajstić information content (AvgIpc) is 2.74. The lowest BCUT2D eigenvalue weighted by atomic mass is 10.0. The molecule has 0 radical (unpaired) electrons. The fourth-order valence-electron chi connectivity index (χ4n) is 3.49. The van der Waals surface area contributed by atoms with Gasteiger partial charge >= 0.3 is 0 Å². The Morgan fingerprint density at radius 3 is 2.53 bits per heavy atom. The van der Waals surface area contributed by atoms with E-state index in [9.17, 15) is 9.59 Å². The molecule has 1 unspecified atom stereocenters. The number of benzene rings is 2. The fourth-order valence-corrected chi connectivity index (χ4v) is 3.77. The molecule has 0 aliphatic rings. The van der Waals surface area contributed by atoms with E-state index >= 15 is 0 Å². The number of aryl methyl sites for hydroxylation is 1. The third-order valence-corrected chi connectivity index (χ3v) is 5.66. The number of hydrogen-bond acceptors (Lipinski definition) is 4. The maximum absolute atomic E-state index is 12.7. The minimum Gasteiger partial charge on any atom is -0.354 e. The third kappa shape index (κ3) is 5.04. The summed E-state index contributed by atoms with van der Waals surface area (Å²) in [5.74, 6) is -0.110. The summed E-state index contributed by atoms with van der Waals surface area (Å²) in [7, 11) is 4.00. The Bertz CT molecular complexity index is 1130. The van der Waals surface area contributed by atoms with Crippen molar-refractivity contribution in [3.8, 4) is 0 Å². The first-order valence-corrected chi connectivity index (χ1v) is 10.6. The van der Waals surface area contributed by atoms with Crippen LogP contribution in [0.15, 0.2) is 53.3 Å². The molecule has 3 aromatic rings. The second kappa shape index (κ2) is 9.82. The number of nitrogens with one attached hydrogen (secondary N) is 2. The molecule has 0 saturated carbocycles. The molecule has 2 aromatic carbocycles. The Balaban J connectivity index is 1.64. The summed E-state index contributed by atoms with van der Waals surface area (Å²) >= 11 is 5.31. The molecule has 30 heavy (non-hydrogen) atoms. The van der Waals surface area contributed by atoms with Crippen LogP contribution in [-0.4, -0.2) is 41.0 Å². The van der Waals surface area contributed by atoms with Crippen LogP contribution < -0.4 is 10.9 Å². The van der Waals surface area contributed by atoms with Gasteiger partial charge in [0, 0.05) is 19.5 Å². The smallest absolute Gasteiger partial charge is 0.262 e. The van der Waals surface area contributed by atoms with Crippen molar-refractivity contribution < 1.29 is 4.79 Å². The number of carbonyl (C=O) groups excluding carboxylic acids is 1. The largest absolute Gasteiger partial charge is 0.354 e. The predicted octanol–water partition coefficient (Wildman–Crippen LogP) is 3.43. The maximum atomic E-state index is 12.7. The van der Waals surface area contributed by atoms with Gasteiger partial charge < -0.3 is 15.2 Å². The first-order chi connectivity index (χ1) is 14.4. The number of rotatable bonds is 8. The number of aromatic amines is 1. The molecule has 0 bridgehead atoms. The van der Waals surface area contributed by atoms with Crippen molar-refractivity contribution in [3.63, 3.8) is 0 Å². The Hall–Kier alpha value is -2.77. The summed E-state index contributed by atoms with van der Waals surface area (Å²) < 4.78 is 1.78. The zero-order valence-corrected chi connectivity index (χ0v) is 18.5. The third-order valence-electron chi connectivity index (χ3n) is 5.34. The summed E-state index contributed by atoms with van der Waals surface area (Å²) in [6.07, 6.45) is 1.19.